The maximum absolute atomic E-state index is 12.8. The summed E-state index contributed by atoms with van der Waals surface area (Å²) < 4.78 is 12.8. The minimum absolute atomic E-state index is 0.181. The van der Waals surface area contributed by atoms with Gasteiger partial charge in [-0.15, -0.1) is 0 Å². The first kappa shape index (κ1) is 15.7. The lowest BCUT2D eigenvalue weighted by molar-refractivity contribution is -0.147. The van der Waals surface area contributed by atoms with Crippen molar-refractivity contribution in [3.05, 3.63) is 47.8 Å². The van der Waals surface area contributed by atoms with E-state index in [1.54, 1.807) is 12.2 Å². The topological polar surface area (TPSA) is 95.5 Å². The average Bonchev–Trinajstić information content (AvgIpc) is 2.53. The molecule has 2 rings (SSSR count). The van der Waals surface area contributed by atoms with Crippen molar-refractivity contribution in [1.82, 2.24) is 10.9 Å². The van der Waals surface area contributed by atoms with E-state index in [1.165, 1.54) is 12.1 Å². The van der Waals surface area contributed by atoms with Gasteiger partial charge in [0.15, 0.2) is 0 Å². The molecule has 1 aromatic rings. The number of carbonyl (C=O) groups excluding carboxylic acids is 2. The van der Waals surface area contributed by atoms with Crippen molar-refractivity contribution in [3.63, 3.8) is 0 Å². The van der Waals surface area contributed by atoms with Crippen LogP contribution in [0, 0.1) is 17.7 Å². The first-order valence-corrected chi connectivity index (χ1v) is 6.72. The van der Waals surface area contributed by atoms with Gasteiger partial charge in [-0.3, -0.25) is 25.2 Å². The predicted molar refractivity (Wildman–Crippen MR) is 75.0 cm³/mol. The molecule has 116 valence electrons. The Hall–Kier alpha value is -2.70. The lowest BCUT2D eigenvalue weighted by Crippen LogP contribution is -2.47. The van der Waals surface area contributed by atoms with Crippen LogP contribution in [-0.2, 0) is 9.59 Å². The number of allylic oxidation sites excluding steroid dienone is 2. The lowest BCUT2D eigenvalue weighted by Gasteiger charge is -2.24. The fraction of sp³-hybridized carbons (Fsp3) is 0.267. The Labute approximate surface area is 126 Å². The van der Waals surface area contributed by atoms with E-state index in [0.717, 1.165) is 12.1 Å². The second-order valence-electron chi connectivity index (χ2n) is 4.94. The zero-order valence-electron chi connectivity index (χ0n) is 11.6. The summed E-state index contributed by atoms with van der Waals surface area (Å²) in [6.45, 7) is 0. The summed E-state index contributed by atoms with van der Waals surface area (Å²) >= 11 is 0. The van der Waals surface area contributed by atoms with Crippen LogP contribution in [0.15, 0.2) is 36.4 Å². The van der Waals surface area contributed by atoms with E-state index in [4.69, 9.17) is 5.11 Å². The van der Waals surface area contributed by atoms with Crippen LogP contribution in [-0.4, -0.2) is 22.9 Å². The summed E-state index contributed by atoms with van der Waals surface area (Å²) in [6.07, 6.45) is 4.04. The Morgan fingerprint density at radius 1 is 1.00 bits per heavy atom. The van der Waals surface area contributed by atoms with Crippen molar-refractivity contribution < 1.29 is 23.9 Å². The molecule has 3 N–H and O–H groups in total. The summed E-state index contributed by atoms with van der Waals surface area (Å²) in [5, 5.41) is 9.10. The number of nitrogens with one attached hydrogen (secondary N) is 2. The maximum atomic E-state index is 12.8. The number of hydrazine groups is 1. The van der Waals surface area contributed by atoms with Crippen LogP contribution in [0.2, 0.25) is 0 Å². The Morgan fingerprint density at radius 2 is 1.59 bits per heavy atom. The van der Waals surface area contributed by atoms with E-state index in [0.29, 0.717) is 6.42 Å². The molecule has 1 aliphatic carbocycles. The van der Waals surface area contributed by atoms with E-state index in [2.05, 4.69) is 10.9 Å². The van der Waals surface area contributed by atoms with Gasteiger partial charge in [-0.05, 0) is 37.1 Å². The normalized spacial score (nSPS) is 20.2. The van der Waals surface area contributed by atoms with Gasteiger partial charge in [-0.1, -0.05) is 12.2 Å². The van der Waals surface area contributed by atoms with Crippen molar-refractivity contribution in [2.75, 3.05) is 0 Å². The third-order valence-electron chi connectivity index (χ3n) is 3.49. The summed E-state index contributed by atoms with van der Waals surface area (Å²) in [5.74, 6) is -4.24. The van der Waals surface area contributed by atoms with E-state index >= 15 is 0 Å². The molecular formula is C15H15FN2O4. The molecule has 0 heterocycles. The second kappa shape index (κ2) is 6.84. The van der Waals surface area contributed by atoms with Gasteiger partial charge >= 0.3 is 5.97 Å². The van der Waals surface area contributed by atoms with Gasteiger partial charge < -0.3 is 5.11 Å². The van der Waals surface area contributed by atoms with Crippen LogP contribution in [0.1, 0.15) is 23.2 Å². The van der Waals surface area contributed by atoms with Crippen molar-refractivity contribution in [3.8, 4) is 0 Å². The number of hydrogen-bond acceptors (Lipinski definition) is 3. The summed E-state index contributed by atoms with van der Waals surface area (Å²) in [4.78, 5) is 34.9. The van der Waals surface area contributed by atoms with Gasteiger partial charge in [-0.25, -0.2) is 4.39 Å². The number of halogens is 1. The minimum Gasteiger partial charge on any atom is -0.481 e. The first-order valence-electron chi connectivity index (χ1n) is 6.72. The summed E-state index contributed by atoms with van der Waals surface area (Å²) in [5.41, 5.74) is 4.60. The van der Waals surface area contributed by atoms with Gasteiger partial charge in [0, 0.05) is 5.56 Å². The molecule has 0 bridgehead atoms. The predicted octanol–water partition coefficient (Wildman–Crippen LogP) is 1.25. The number of carboxylic acids is 1. The first-order chi connectivity index (χ1) is 10.5. The molecule has 0 radical (unpaired) electrons. The number of carbonyl (C=O) groups is 3. The van der Waals surface area contributed by atoms with E-state index in [1.807, 2.05) is 0 Å². The van der Waals surface area contributed by atoms with E-state index in [9.17, 15) is 18.8 Å². The highest BCUT2D eigenvalue weighted by Crippen LogP contribution is 2.25. The molecule has 6 nitrogen and oxygen atoms in total. The molecule has 0 spiro atoms. The minimum atomic E-state index is -1.05. The van der Waals surface area contributed by atoms with Crippen molar-refractivity contribution in [1.29, 1.82) is 0 Å². The molecule has 0 unspecified atom stereocenters. The molecule has 2 amide bonds. The smallest absolute Gasteiger partial charge is 0.307 e. The van der Waals surface area contributed by atoms with Crippen LogP contribution < -0.4 is 10.9 Å². The Bertz CT molecular complexity index is 612. The van der Waals surface area contributed by atoms with Gasteiger partial charge in [0.1, 0.15) is 5.82 Å². The molecule has 0 aliphatic heterocycles. The molecule has 1 aromatic carbocycles. The van der Waals surface area contributed by atoms with E-state index in [-0.39, 0.29) is 12.0 Å². The number of aliphatic carboxylic acids is 1. The second-order valence-corrected chi connectivity index (χ2v) is 4.94. The molecule has 0 saturated carbocycles. The standard InChI is InChI=1S/C15H15FN2O4/c16-10-7-5-9(6-8-10)13(19)17-18-14(20)11-3-1-2-4-12(11)15(21)22/h1-2,5-8,11-12H,3-4H2,(H,17,19)(H,18,20)(H,21,22)/t11-,12-/m1/s1. The van der Waals surface area contributed by atoms with Crippen molar-refractivity contribution in [2.45, 2.75) is 12.8 Å². The maximum Gasteiger partial charge on any atom is 0.307 e. The fourth-order valence-electron chi connectivity index (χ4n) is 2.26. The van der Waals surface area contributed by atoms with Crippen LogP contribution in [0.3, 0.4) is 0 Å². The molecule has 0 fully saturated rings. The van der Waals surface area contributed by atoms with Crippen LogP contribution in [0.5, 0.6) is 0 Å². The van der Waals surface area contributed by atoms with Crippen molar-refractivity contribution >= 4 is 17.8 Å². The highest BCUT2D eigenvalue weighted by atomic mass is 19.1. The number of rotatable bonds is 3. The third-order valence-corrected chi connectivity index (χ3v) is 3.49. The fourth-order valence-corrected chi connectivity index (χ4v) is 2.26. The van der Waals surface area contributed by atoms with E-state index < -0.39 is 35.4 Å². The van der Waals surface area contributed by atoms with Crippen LogP contribution >= 0.6 is 0 Å². The Morgan fingerprint density at radius 3 is 2.18 bits per heavy atom. The van der Waals surface area contributed by atoms with Gasteiger partial charge in [0.2, 0.25) is 5.91 Å². The molecule has 22 heavy (non-hydrogen) atoms. The van der Waals surface area contributed by atoms with Gasteiger partial charge in [0.25, 0.3) is 5.91 Å². The lowest BCUT2D eigenvalue weighted by atomic mass is 9.82. The summed E-state index contributed by atoms with van der Waals surface area (Å²) in [7, 11) is 0. The highest BCUT2D eigenvalue weighted by molar-refractivity contribution is 5.96. The van der Waals surface area contributed by atoms with Crippen LogP contribution in [0.4, 0.5) is 4.39 Å². The average molecular weight is 306 g/mol. The van der Waals surface area contributed by atoms with Crippen LogP contribution in [0.25, 0.3) is 0 Å². The molecule has 2 atom stereocenters. The number of benzene rings is 1. The SMILES string of the molecule is O=C(NNC(=O)[C@@H]1CC=CC[C@H]1C(=O)O)c1ccc(F)cc1. The molecule has 1 aliphatic rings. The largest absolute Gasteiger partial charge is 0.481 e. The molecule has 7 heteroatoms. The zero-order valence-corrected chi connectivity index (χ0v) is 11.6. The highest BCUT2D eigenvalue weighted by Gasteiger charge is 2.34. The number of carboxylic acid groups (broad SMARTS) is 1. The third kappa shape index (κ3) is 3.69. The Kier molecular flexibility index (Phi) is 4.88. The molecular weight excluding hydrogens is 291 g/mol. The number of hydrogen-bond donors (Lipinski definition) is 3. The zero-order chi connectivity index (χ0) is 16.1. The molecule has 0 aromatic heterocycles. The molecule has 0 saturated heterocycles. The Balaban J connectivity index is 1.94. The van der Waals surface area contributed by atoms with Crippen molar-refractivity contribution in [2.24, 2.45) is 11.8 Å². The monoisotopic (exact) mass is 306 g/mol. The number of amides is 2. The van der Waals surface area contributed by atoms with Gasteiger partial charge in [-0.2, -0.15) is 0 Å². The summed E-state index contributed by atoms with van der Waals surface area (Å²) in [6, 6.07) is 4.81. The van der Waals surface area contributed by atoms with Gasteiger partial charge in [0.05, 0.1) is 11.8 Å². The quantitative estimate of drug-likeness (QED) is 0.578.